The Hall–Kier alpha value is -2.46. The van der Waals surface area contributed by atoms with E-state index in [-0.39, 0.29) is 0 Å². The van der Waals surface area contributed by atoms with Gasteiger partial charge >= 0.3 is 0 Å². The Balaban J connectivity index is 2.81. The fraction of sp³-hybridized carbons (Fsp3) is 0.304. The smallest absolute Gasteiger partial charge is 0.0212 e. The summed E-state index contributed by atoms with van der Waals surface area (Å²) in [5, 5.41) is 3.10. The number of nitrogens with one attached hydrogen (secondary N) is 1. The Kier molecular flexibility index (Phi) is 9.81. The third-order valence-corrected chi connectivity index (χ3v) is 3.72. The summed E-state index contributed by atoms with van der Waals surface area (Å²) in [6, 6.07) is 0. The highest BCUT2D eigenvalue weighted by atomic mass is 14.8. The van der Waals surface area contributed by atoms with Crippen molar-refractivity contribution in [1.82, 2.24) is 5.32 Å². The standard InChI is InChI=1S/C23H29N/c1-5-7-8-12-22(15-14-20(3)18-19-24-6-2)16-17-23-13-10-9-11-21(23)4/h5-9,11-12,15,24H,2-3,10,13-14,18-19H2,1,4H3/b7-5-,12-8-,22-15-. The van der Waals surface area contributed by atoms with Crippen LogP contribution >= 0.6 is 0 Å². The third kappa shape index (κ3) is 8.25. The van der Waals surface area contributed by atoms with Crippen LogP contribution in [0.4, 0.5) is 0 Å². The van der Waals surface area contributed by atoms with Crippen molar-refractivity contribution in [3.8, 4) is 11.8 Å². The van der Waals surface area contributed by atoms with Gasteiger partial charge in [-0.3, -0.25) is 0 Å². The Bertz CT molecular complexity index is 639. The van der Waals surface area contributed by atoms with Crippen LogP contribution in [0.15, 0.2) is 84.2 Å². The molecule has 0 spiro atoms. The summed E-state index contributed by atoms with van der Waals surface area (Å²) in [6.45, 7) is 12.8. The summed E-state index contributed by atoms with van der Waals surface area (Å²) in [5.74, 6) is 6.68. The summed E-state index contributed by atoms with van der Waals surface area (Å²) in [7, 11) is 0. The van der Waals surface area contributed by atoms with Gasteiger partial charge in [-0.25, -0.2) is 0 Å². The van der Waals surface area contributed by atoms with Crippen LogP contribution in [0, 0.1) is 11.8 Å². The maximum atomic E-state index is 4.13. The Labute approximate surface area is 147 Å². The second-order valence-electron chi connectivity index (χ2n) is 5.76. The van der Waals surface area contributed by atoms with E-state index in [0.717, 1.165) is 37.8 Å². The molecule has 0 radical (unpaired) electrons. The van der Waals surface area contributed by atoms with Crippen LogP contribution in [0.2, 0.25) is 0 Å². The maximum absolute atomic E-state index is 4.13. The lowest BCUT2D eigenvalue weighted by molar-refractivity contribution is 0.815. The molecule has 0 unspecified atom stereocenters. The third-order valence-electron chi connectivity index (χ3n) is 3.72. The molecular weight excluding hydrogens is 290 g/mol. The van der Waals surface area contributed by atoms with E-state index in [4.69, 9.17) is 0 Å². The van der Waals surface area contributed by atoms with Crippen molar-refractivity contribution in [3.63, 3.8) is 0 Å². The monoisotopic (exact) mass is 319 g/mol. The van der Waals surface area contributed by atoms with Gasteiger partial charge in [0.15, 0.2) is 0 Å². The van der Waals surface area contributed by atoms with Crippen molar-refractivity contribution in [3.05, 3.63) is 84.2 Å². The van der Waals surface area contributed by atoms with Gasteiger partial charge in [-0.05, 0) is 57.4 Å². The average molecular weight is 319 g/mol. The molecule has 0 bridgehead atoms. The fourth-order valence-electron chi connectivity index (χ4n) is 2.23. The minimum atomic E-state index is 0.848. The molecule has 1 aliphatic rings. The van der Waals surface area contributed by atoms with Gasteiger partial charge in [0, 0.05) is 17.7 Å². The Morgan fingerprint density at radius 1 is 1.38 bits per heavy atom. The van der Waals surface area contributed by atoms with Crippen molar-refractivity contribution < 1.29 is 0 Å². The molecular formula is C23H29N. The molecule has 126 valence electrons. The summed E-state index contributed by atoms with van der Waals surface area (Å²) in [4.78, 5) is 0. The second-order valence-corrected chi connectivity index (χ2v) is 5.76. The molecule has 0 aromatic heterocycles. The van der Waals surface area contributed by atoms with Gasteiger partial charge in [0.05, 0.1) is 0 Å². The molecule has 0 heterocycles. The van der Waals surface area contributed by atoms with Crippen LogP contribution in [0.1, 0.15) is 39.5 Å². The zero-order valence-electron chi connectivity index (χ0n) is 15.1. The number of rotatable bonds is 8. The molecule has 24 heavy (non-hydrogen) atoms. The van der Waals surface area contributed by atoms with Crippen molar-refractivity contribution in [2.45, 2.75) is 39.5 Å². The predicted octanol–water partition coefficient (Wildman–Crippen LogP) is 5.78. The average Bonchev–Trinajstić information content (AvgIpc) is 2.58. The van der Waals surface area contributed by atoms with Crippen molar-refractivity contribution in [2.24, 2.45) is 0 Å². The molecule has 0 saturated heterocycles. The number of allylic oxidation sites excluding steroid dienone is 10. The van der Waals surface area contributed by atoms with Crippen molar-refractivity contribution in [1.29, 1.82) is 0 Å². The molecule has 0 aliphatic heterocycles. The van der Waals surface area contributed by atoms with Crippen LogP contribution in [0.5, 0.6) is 0 Å². The summed E-state index contributed by atoms with van der Waals surface area (Å²) in [6.07, 6.45) is 20.3. The van der Waals surface area contributed by atoms with Crippen molar-refractivity contribution >= 4 is 0 Å². The molecule has 0 saturated carbocycles. The SMILES string of the molecule is C=CNCCC(=C)C/C=C(C#CC1=C(C)C=CCC1)/C=C\C=C/C. The molecule has 1 rings (SSSR count). The van der Waals surface area contributed by atoms with Crippen LogP contribution in [-0.2, 0) is 0 Å². The Morgan fingerprint density at radius 3 is 2.92 bits per heavy atom. The number of hydrogen-bond donors (Lipinski definition) is 1. The molecule has 0 amide bonds. The van der Waals surface area contributed by atoms with Crippen LogP contribution in [-0.4, -0.2) is 6.54 Å². The van der Waals surface area contributed by atoms with Gasteiger partial charge in [0.2, 0.25) is 0 Å². The summed E-state index contributed by atoms with van der Waals surface area (Å²) < 4.78 is 0. The molecule has 0 aromatic carbocycles. The first-order chi connectivity index (χ1) is 11.7. The molecule has 1 N–H and O–H groups in total. The van der Waals surface area contributed by atoms with E-state index in [1.54, 1.807) is 6.20 Å². The lowest BCUT2D eigenvalue weighted by Gasteiger charge is -2.06. The highest BCUT2D eigenvalue weighted by Crippen LogP contribution is 2.17. The van der Waals surface area contributed by atoms with E-state index in [2.05, 4.69) is 61.5 Å². The van der Waals surface area contributed by atoms with Crippen molar-refractivity contribution in [2.75, 3.05) is 6.54 Å². The molecule has 0 aromatic rings. The normalized spacial score (nSPS) is 14.8. The van der Waals surface area contributed by atoms with Crippen LogP contribution < -0.4 is 5.32 Å². The summed E-state index contributed by atoms with van der Waals surface area (Å²) in [5.41, 5.74) is 4.77. The van der Waals surface area contributed by atoms with E-state index < -0.39 is 0 Å². The lowest BCUT2D eigenvalue weighted by Crippen LogP contribution is -2.06. The first kappa shape index (κ1) is 19.6. The predicted molar refractivity (Wildman–Crippen MR) is 107 cm³/mol. The zero-order chi connectivity index (χ0) is 17.6. The maximum Gasteiger partial charge on any atom is 0.0212 e. The first-order valence-corrected chi connectivity index (χ1v) is 8.56. The highest BCUT2D eigenvalue weighted by Gasteiger charge is 2.01. The molecule has 0 atom stereocenters. The van der Waals surface area contributed by atoms with Gasteiger partial charge in [-0.2, -0.15) is 0 Å². The van der Waals surface area contributed by atoms with Gasteiger partial charge < -0.3 is 5.32 Å². The topological polar surface area (TPSA) is 12.0 Å². The van der Waals surface area contributed by atoms with Crippen LogP contribution in [0.3, 0.4) is 0 Å². The molecule has 1 aliphatic carbocycles. The van der Waals surface area contributed by atoms with E-state index in [1.807, 2.05) is 25.2 Å². The largest absolute Gasteiger partial charge is 0.391 e. The van der Waals surface area contributed by atoms with Gasteiger partial charge in [0.1, 0.15) is 0 Å². The number of hydrogen-bond acceptors (Lipinski definition) is 1. The van der Waals surface area contributed by atoms with E-state index in [0.29, 0.717) is 0 Å². The lowest BCUT2D eigenvalue weighted by atomic mass is 9.98. The van der Waals surface area contributed by atoms with Gasteiger partial charge in [-0.15, -0.1) is 0 Å². The molecule has 1 nitrogen and oxygen atoms in total. The quantitative estimate of drug-likeness (QED) is 0.259. The minimum Gasteiger partial charge on any atom is -0.391 e. The zero-order valence-corrected chi connectivity index (χ0v) is 15.1. The van der Waals surface area contributed by atoms with Gasteiger partial charge in [-0.1, -0.05) is 67.0 Å². The van der Waals surface area contributed by atoms with E-state index >= 15 is 0 Å². The molecule has 1 heteroatoms. The Morgan fingerprint density at radius 2 is 2.21 bits per heavy atom. The fourth-order valence-corrected chi connectivity index (χ4v) is 2.23. The first-order valence-electron chi connectivity index (χ1n) is 8.56. The summed E-state index contributed by atoms with van der Waals surface area (Å²) >= 11 is 0. The minimum absolute atomic E-state index is 0.848. The van der Waals surface area contributed by atoms with E-state index in [9.17, 15) is 0 Å². The highest BCUT2D eigenvalue weighted by molar-refractivity contribution is 5.48. The second kappa shape index (κ2) is 12.0. The van der Waals surface area contributed by atoms with Gasteiger partial charge in [0.25, 0.3) is 0 Å². The molecule has 0 fully saturated rings. The van der Waals surface area contributed by atoms with E-state index in [1.165, 1.54) is 16.7 Å². The van der Waals surface area contributed by atoms with Crippen LogP contribution in [0.25, 0.3) is 0 Å².